The minimum Gasteiger partial charge on any atom is -0.497 e. The molecule has 2 aliphatic rings. The number of amides is 1. The van der Waals surface area contributed by atoms with Crippen molar-refractivity contribution in [2.75, 3.05) is 26.7 Å². The summed E-state index contributed by atoms with van der Waals surface area (Å²) in [7, 11) is 1.68. The van der Waals surface area contributed by atoms with E-state index in [2.05, 4.69) is 44.6 Å². The maximum atomic E-state index is 12.3. The lowest BCUT2D eigenvalue weighted by Crippen LogP contribution is -2.34. The molecule has 2 fully saturated rings. The third kappa shape index (κ3) is 3.46. The summed E-state index contributed by atoms with van der Waals surface area (Å²) < 4.78 is 7.40. The molecule has 4 rings (SSSR count). The van der Waals surface area contributed by atoms with Gasteiger partial charge in [-0.05, 0) is 30.5 Å². The van der Waals surface area contributed by atoms with Crippen LogP contribution in [0.2, 0.25) is 0 Å². The second kappa shape index (κ2) is 7.35. The minimum absolute atomic E-state index is 0.150. The summed E-state index contributed by atoms with van der Waals surface area (Å²) in [5.41, 5.74) is 2.33. The Bertz CT molecular complexity index is 801. The largest absolute Gasteiger partial charge is 0.497 e. The van der Waals surface area contributed by atoms with E-state index >= 15 is 0 Å². The molecule has 3 atom stereocenters. The predicted octanol–water partition coefficient (Wildman–Crippen LogP) is 2.56. The standard InChI is InChI=1S/C21H28N4O2/c1-4-23-11-18(22-14-23)12-24-9-17-10-25(15(2)26)21(20(17)13-24)16-5-7-19(27-3)8-6-16/h5-8,11,14,17,20-21H,4,9-10,12-13H2,1-3H3/t17-,20-,21+/m1/s1. The Hall–Kier alpha value is -2.34. The van der Waals surface area contributed by atoms with Crippen LogP contribution in [0.1, 0.15) is 31.1 Å². The van der Waals surface area contributed by atoms with E-state index < -0.39 is 0 Å². The van der Waals surface area contributed by atoms with Gasteiger partial charge in [0, 0.05) is 51.8 Å². The number of aryl methyl sites for hydroxylation is 1. The number of carbonyl (C=O) groups excluding carboxylic acids is 1. The topological polar surface area (TPSA) is 50.6 Å². The quantitative estimate of drug-likeness (QED) is 0.814. The summed E-state index contributed by atoms with van der Waals surface area (Å²) in [5.74, 6) is 2.01. The van der Waals surface area contributed by atoms with Gasteiger partial charge in [-0.1, -0.05) is 12.1 Å². The number of likely N-dealkylation sites (tertiary alicyclic amines) is 2. The van der Waals surface area contributed by atoms with Crippen molar-refractivity contribution in [2.24, 2.45) is 11.8 Å². The molecule has 1 amide bonds. The SMILES string of the molecule is CCn1cnc(CN2C[C@@H]3CN(C(C)=O)[C@@H](c4ccc(OC)cc4)[C@@H]3C2)c1. The van der Waals surface area contributed by atoms with E-state index in [4.69, 9.17) is 4.74 Å². The summed E-state index contributed by atoms with van der Waals surface area (Å²) >= 11 is 0. The highest BCUT2D eigenvalue weighted by atomic mass is 16.5. The van der Waals surface area contributed by atoms with Gasteiger partial charge >= 0.3 is 0 Å². The lowest BCUT2D eigenvalue weighted by molar-refractivity contribution is -0.130. The zero-order chi connectivity index (χ0) is 19.0. The molecule has 2 saturated heterocycles. The van der Waals surface area contributed by atoms with Crippen molar-refractivity contribution in [3.63, 3.8) is 0 Å². The van der Waals surface area contributed by atoms with Crippen LogP contribution < -0.4 is 4.74 Å². The first-order chi connectivity index (χ1) is 13.1. The highest BCUT2D eigenvalue weighted by Crippen LogP contribution is 2.45. The molecule has 144 valence electrons. The number of hydrogen-bond acceptors (Lipinski definition) is 4. The van der Waals surface area contributed by atoms with Crippen molar-refractivity contribution in [3.05, 3.63) is 48.0 Å². The summed E-state index contributed by atoms with van der Waals surface area (Å²) in [5, 5.41) is 0. The van der Waals surface area contributed by atoms with Crippen LogP contribution in [0.4, 0.5) is 0 Å². The lowest BCUT2D eigenvalue weighted by Gasteiger charge is -2.29. The first kappa shape index (κ1) is 18.0. The maximum absolute atomic E-state index is 12.3. The Morgan fingerprint density at radius 3 is 2.63 bits per heavy atom. The van der Waals surface area contributed by atoms with Gasteiger partial charge in [0.05, 0.1) is 25.2 Å². The fraction of sp³-hybridized carbons (Fsp3) is 0.524. The van der Waals surface area contributed by atoms with Crippen molar-refractivity contribution in [2.45, 2.75) is 33.0 Å². The smallest absolute Gasteiger partial charge is 0.219 e. The fourth-order valence-electron chi connectivity index (χ4n) is 4.71. The molecule has 2 aromatic rings. The number of methoxy groups -OCH3 is 1. The van der Waals surface area contributed by atoms with Crippen LogP contribution >= 0.6 is 0 Å². The first-order valence-electron chi connectivity index (χ1n) is 9.73. The molecule has 1 aromatic carbocycles. The number of fused-ring (bicyclic) bond motifs is 1. The summed E-state index contributed by atoms with van der Waals surface area (Å²) in [6.07, 6.45) is 4.04. The van der Waals surface area contributed by atoms with Crippen LogP contribution in [0.3, 0.4) is 0 Å². The molecule has 1 aromatic heterocycles. The number of hydrogen-bond donors (Lipinski definition) is 0. The van der Waals surface area contributed by atoms with Gasteiger partial charge in [0.25, 0.3) is 0 Å². The Labute approximate surface area is 160 Å². The van der Waals surface area contributed by atoms with Gasteiger partial charge in [-0.15, -0.1) is 0 Å². The van der Waals surface area contributed by atoms with Crippen LogP contribution in [0.15, 0.2) is 36.8 Å². The summed E-state index contributed by atoms with van der Waals surface area (Å²) in [6, 6.07) is 8.34. The van der Waals surface area contributed by atoms with Gasteiger partial charge in [-0.3, -0.25) is 9.69 Å². The highest BCUT2D eigenvalue weighted by Gasteiger charge is 2.48. The zero-order valence-electron chi connectivity index (χ0n) is 16.3. The molecule has 6 nitrogen and oxygen atoms in total. The Balaban J connectivity index is 1.52. The minimum atomic E-state index is 0.150. The van der Waals surface area contributed by atoms with Crippen molar-refractivity contribution < 1.29 is 9.53 Å². The van der Waals surface area contributed by atoms with Crippen LogP contribution in [0.25, 0.3) is 0 Å². The Morgan fingerprint density at radius 1 is 1.22 bits per heavy atom. The molecule has 27 heavy (non-hydrogen) atoms. The van der Waals surface area contributed by atoms with Crippen LogP contribution in [0.5, 0.6) is 5.75 Å². The van der Waals surface area contributed by atoms with E-state index in [0.717, 1.165) is 44.2 Å². The van der Waals surface area contributed by atoms with Gasteiger partial charge in [0.2, 0.25) is 5.91 Å². The van der Waals surface area contributed by atoms with E-state index in [1.54, 1.807) is 14.0 Å². The van der Waals surface area contributed by atoms with Crippen molar-refractivity contribution in [1.29, 1.82) is 0 Å². The molecule has 0 spiro atoms. The molecule has 3 heterocycles. The third-order valence-electron chi connectivity index (χ3n) is 6.04. The van der Waals surface area contributed by atoms with E-state index in [9.17, 15) is 4.79 Å². The molecular formula is C21H28N4O2. The van der Waals surface area contributed by atoms with Crippen molar-refractivity contribution in [1.82, 2.24) is 19.4 Å². The van der Waals surface area contributed by atoms with Crippen LogP contribution in [-0.4, -0.2) is 52.0 Å². The molecule has 0 N–H and O–H groups in total. The summed E-state index contributed by atoms with van der Waals surface area (Å²) in [4.78, 5) is 21.3. The lowest BCUT2D eigenvalue weighted by atomic mass is 9.89. The van der Waals surface area contributed by atoms with E-state index in [0.29, 0.717) is 11.8 Å². The average Bonchev–Trinajstić information content (AvgIpc) is 3.36. The molecule has 0 unspecified atom stereocenters. The van der Waals surface area contributed by atoms with Crippen LogP contribution in [0, 0.1) is 11.8 Å². The van der Waals surface area contributed by atoms with E-state index in [-0.39, 0.29) is 11.9 Å². The molecule has 0 saturated carbocycles. The van der Waals surface area contributed by atoms with E-state index in [1.165, 1.54) is 5.56 Å². The number of benzene rings is 1. The molecule has 0 bridgehead atoms. The molecule has 0 radical (unpaired) electrons. The Kier molecular flexibility index (Phi) is 4.91. The molecular weight excluding hydrogens is 340 g/mol. The van der Waals surface area contributed by atoms with Gasteiger partial charge in [-0.2, -0.15) is 0 Å². The highest BCUT2D eigenvalue weighted by molar-refractivity contribution is 5.74. The second-order valence-corrected chi connectivity index (χ2v) is 7.70. The normalized spacial score (nSPS) is 25.0. The average molecular weight is 368 g/mol. The van der Waals surface area contributed by atoms with Gasteiger partial charge in [-0.25, -0.2) is 4.98 Å². The number of nitrogens with zero attached hydrogens (tertiary/aromatic N) is 4. The summed E-state index contributed by atoms with van der Waals surface area (Å²) in [6.45, 7) is 8.52. The second-order valence-electron chi connectivity index (χ2n) is 7.70. The predicted molar refractivity (Wildman–Crippen MR) is 103 cm³/mol. The monoisotopic (exact) mass is 368 g/mol. The number of imidazole rings is 1. The van der Waals surface area contributed by atoms with Gasteiger partial charge in [0.1, 0.15) is 5.75 Å². The van der Waals surface area contributed by atoms with Crippen molar-refractivity contribution in [3.8, 4) is 5.75 Å². The molecule has 0 aliphatic carbocycles. The third-order valence-corrected chi connectivity index (χ3v) is 6.04. The van der Waals surface area contributed by atoms with Gasteiger partial charge < -0.3 is 14.2 Å². The van der Waals surface area contributed by atoms with Crippen molar-refractivity contribution >= 4 is 5.91 Å². The number of rotatable bonds is 5. The fourth-order valence-corrected chi connectivity index (χ4v) is 4.71. The maximum Gasteiger partial charge on any atom is 0.219 e. The van der Waals surface area contributed by atoms with E-state index in [1.807, 2.05) is 18.5 Å². The number of aromatic nitrogens is 2. The first-order valence-corrected chi connectivity index (χ1v) is 9.73. The number of carbonyl (C=O) groups is 1. The molecule has 2 aliphatic heterocycles. The Morgan fingerprint density at radius 2 is 2.00 bits per heavy atom. The van der Waals surface area contributed by atoms with Gasteiger partial charge in [0.15, 0.2) is 0 Å². The molecule has 6 heteroatoms. The zero-order valence-corrected chi connectivity index (χ0v) is 16.3. The van der Waals surface area contributed by atoms with Crippen LogP contribution in [-0.2, 0) is 17.9 Å². The number of ether oxygens (including phenoxy) is 1.